The zero-order valence-corrected chi connectivity index (χ0v) is 19.0. The van der Waals surface area contributed by atoms with Crippen molar-refractivity contribution in [3.8, 4) is 16.3 Å². The van der Waals surface area contributed by atoms with E-state index in [4.69, 9.17) is 21.3 Å². The summed E-state index contributed by atoms with van der Waals surface area (Å²) in [6, 6.07) is 15.5. The first-order chi connectivity index (χ1) is 15.1. The molecule has 1 aliphatic rings. The van der Waals surface area contributed by atoms with Crippen LogP contribution in [0.1, 0.15) is 5.69 Å². The van der Waals surface area contributed by atoms with Crippen LogP contribution in [-0.2, 0) is 11.3 Å². The first-order valence-corrected chi connectivity index (χ1v) is 11.4. The fourth-order valence-corrected chi connectivity index (χ4v) is 4.59. The van der Waals surface area contributed by atoms with Crippen molar-refractivity contribution in [3.05, 3.63) is 64.6 Å². The van der Waals surface area contributed by atoms with E-state index in [9.17, 15) is 4.79 Å². The van der Waals surface area contributed by atoms with Crippen LogP contribution in [0.3, 0.4) is 0 Å². The average molecular weight is 457 g/mol. The summed E-state index contributed by atoms with van der Waals surface area (Å²) in [4.78, 5) is 21.8. The SMILES string of the molecule is COc1ccc(Cl)cc1NC(=O)CN1CCN(Cc2csc(-c3ccccc3)n2)CC1. The van der Waals surface area contributed by atoms with Gasteiger partial charge in [0.2, 0.25) is 5.91 Å². The van der Waals surface area contributed by atoms with Gasteiger partial charge >= 0.3 is 0 Å². The minimum absolute atomic E-state index is 0.0685. The molecule has 1 fully saturated rings. The van der Waals surface area contributed by atoms with Crippen LogP contribution in [0.25, 0.3) is 10.6 Å². The van der Waals surface area contributed by atoms with E-state index < -0.39 is 0 Å². The smallest absolute Gasteiger partial charge is 0.238 e. The van der Waals surface area contributed by atoms with E-state index in [1.807, 2.05) is 18.2 Å². The molecule has 0 radical (unpaired) electrons. The molecule has 1 amide bonds. The zero-order chi connectivity index (χ0) is 21.6. The van der Waals surface area contributed by atoms with Gasteiger partial charge in [-0.3, -0.25) is 14.6 Å². The van der Waals surface area contributed by atoms with Crippen molar-refractivity contribution in [1.82, 2.24) is 14.8 Å². The summed E-state index contributed by atoms with van der Waals surface area (Å²) in [6.07, 6.45) is 0. The summed E-state index contributed by atoms with van der Waals surface area (Å²) in [7, 11) is 1.57. The van der Waals surface area contributed by atoms with Crippen molar-refractivity contribution >= 4 is 34.5 Å². The largest absolute Gasteiger partial charge is 0.495 e. The Labute approximate surface area is 191 Å². The molecule has 0 atom stereocenters. The van der Waals surface area contributed by atoms with Gasteiger partial charge < -0.3 is 10.1 Å². The highest BCUT2D eigenvalue weighted by Crippen LogP contribution is 2.28. The molecule has 8 heteroatoms. The van der Waals surface area contributed by atoms with Gasteiger partial charge in [-0.2, -0.15) is 0 Å². The number of methoxy groups -OCH3 is 1. The first kappa shape index (κ1) is 21.8. The maximum atomic E-state index is 12.5. The number of nitrogens with zero attached hydrogens (tertiary/aromatic N) is 3. The number of ether oxygens (including phenoxy) is 1. The van der Waals surface area contributed by atoms with E-state index in [1.165, 1.54) is 0 Å². The number of nitrogens with one attached hydrogen (secondary N) is 1. The third kappa shape index (κ3) is 5.83. The van der Waals surface area contributed by atoms with E-state index in [0.717, 1.165) is 49.0 Å². The van der Waals surface area contributed by atoms with Gasteiger partial charge in [-0.15, -0.1) is 11.3 Å². The summed E-state index contributed by atoms with van der Waals surface area (Å²) >= 11 is 7.73. The molecule has 6 nitrogen and oxygen atoms in total. The Bertz CT molecular complexity index is 1020. The number of aromatic nitrogens is 1. The van der Waals surface area contributed by atoms with Gasteiger partial charge in [0, 0.05) is 48.7 Å². The Hall–Kier alpha value is -2.45. The molecule has 0 bridgehead atoms. The van der Waals surface area contributed by atoms with Gasteiger partial charge in [0.1, 0.15) is 10.8 Å². The molecular formula is C23H25ClN4O2S. The molecule has 1 aromatic heterocycles. The number of rotatable bonds is 7. The van der Waals surface area contributed by atoms with Crippen LogP contribution in [0.4, 0.5) is 5.69 Å². The maximum absolute atomic E-state index is 12.5. The second-order valence-corrected chi connectivity index (χ2v) is 8.75. The van der Waals surface area contributed by atoms with Gasteiger partial charge in [-0.1, -0.05) is 41.9 Å². The number of anilines is 1. The first-order valence-electron chi connectivity index (χ1n) is 10.2. The summed E-state index contributed by atoms with van der Waals surface area (Å²) in [5.41, 5.74) is 2.85. The van der Waals surface area contributed by atoms with Crippen LogP contribution in [0, 0.1) is 0 Å². The Morgan fingerprint density at radius 1 is 1.13 bits per heavy atom. The van der Waals surface area contributed by atoms with Crippen LogP contribution in [0.2, 0.25) is 5.02 Å². The van der Waals surface area contributed by atoms with E-state index in [1.54, 1.807) is 36.6 Å². The number of hydrogen-bond acceptors (Lipinski definition) is 6. The predicted octanol–water partition coefficient (Wildman–Crippen LogP) is 4.23. The van der Waals surface area contributed by atoms with Crippen LogP contribution < -0.4 is 10.1 Å². The average Bonchev–Trinajstić information content (AvgIpc) is 3.24. The second kappa shape index (κ2) is 10.2. The zero-order valence-electron chi connectivity index (χ0n) is 17.4. The van der Waals surface area contributed by atoms with Crippen molar-refractivity contribution in [2.75, 3.05) is 45.2 Å². The fraction of sp³-hybridized carbons (Fsp3) is 0.304. The fourth-order valence-electron chi connectivity index (χ4n) is 3.60. The molecule has 31 heavy (non-hydrogen) atoms. The number of carbonyl (C=O) groups excluding carboxylic acids is 1. The quantitative estimate of drug-likeness (QED) is 0.576. The van der Waals surface area contributed by atoms with Crippen molar-refractivity contribution in [3.63, 3.8) is 0 Å². The van der Waals surface area contributed by atoms with Crippen LogP contribution >= 0.6 is 22.9 Å². The van der Waals surface area contributed by atoms with Gasteiger partial charge in [-0.05, 0) is 18.2 Å². The Morgan fingerprint density at radius 3 is 2.61 bits per heavy atom. The molecule has 162 valence electrons. The summed E-state index contributed by atoms with van der Waals surface area (Å²) in [6.45, 7) is 4.69. The molecule has 2 aromatic carbocycles. The van der Waals surface area contributed by atoms with E-state index in [2.05, 4.69) is 32.6 Å². The van der Waals surface area contributed by atoms with Crippen LogP contribution in [-0.4, -0.2) is 60.5 Å². The minimum Gasteiger partial charge on any atom is -0.495 e. The highest BCUT2D eigenvalue weighted by Gasteiger charge is 2.20. The van der Waals surface area contributed by atoms with Gasteiger partial charge in [0.05, 0.1) is 25.0 Å². The molecule has 0 saturated carbocycles. The van der Waals surface area contributed by atoms with Gasteiger partial charge in [0.15, 0.2) is 0 Å². The number of thiazole rings is 1. The maximum Gasteiger partial charge on any atom is 0.238 e. The lowest BCUT2D eigenvalue weighted by Gasteiger charge is -2.33. The Kier molecular flexibility index (Phi) is 7.19. The Morgan fingerprint density at radius 2 is 1.87 bits per heavy atom. The molecule has 1 aliphatic heterocycles. The molecule has 2 heterocycles. The minimum atomic E-state index is -0.0685. The lowest BCUT2D eigenvalue weighted by molar-refractivity contribution is -0.117. The molecular weight excluding hydrogens is 432 g/mol. The number of halogens is 1. The Balaban J connectivity index is 1.25. The molecule has 0 unspecified atom stereocenters. The second-order valence-electron chi connectivity index (χ2n) is 7.46. The van der Waals surface area contributed by atoms with Crippen LogP contribution in [0.15, 0.2) is 53.9 Å². The topological polar surface area (TPSA) is 57.7 Å². The molecule has 0 spiro atoms. The normalized spacial score (nSPS) is 15.0. The molecule has 1 saturated heterocycles. The van der Waals surface area contributed by atoms with Crippen molar-refractivity contribution in [2.45, 2.75) is 6.54 Å². The van der Waals surface area contributed by atoms with Crippen molar-refractivity contribution in [1.29, 1.82) is 0 Å². The molecule has 1 N–H and O–H groups in total. The monoisotopic (exact) mass is 456 g/mol. The number of carbonyl (C=O) groups is 1. The van der Waals surface area contributed by atoms with Crippen molar-refractivity contribution < 1.29 is 9.53 Å². The predicted molar refractivity (Wildman–Crippen MR) is 126 cm³/mol. The van der Waals surface area contributed by atoms with E-state index in [-0.39, 0.29) is 5.91 Å². The lowest BCUT2D eigenvalue weighted by Crippen LogP contribution is -2.48. The van der Waals surface area contributed by atoms with E-state index >= 15 is 0 Å². The summed E-state index contributed by atoms with van der Waals surface area (Å²) in [5, 5.41) is 6.66. The molecule has 4 rings (SSSR count). The summed E-state index contributed by atoms with van der Waals surface area (Å²) < 4.78 is 5.29. The third-order valence-corrected chi connectivity index (χ3v) is 6.40. The lowest BCUT2D eigenvalue weighted by atomic mass is 10.2. The number of piperazine rings is 1. The van der Waals surface area contributed by atoms with Gasteiger partial charge in [0.25, 0.3) is 0 Å². The molecule has 0 aliphatic carbocycles. The standard InChI is InChI=1S/C23H25ClN4O2S/c1-30-21-8-7-18(24)13-20(21)26-22(29)15-28-11-9-27(10-12-28)14-19-16-31-23(25-19)17-5-3-2-4-6-17/h2-8,13,16H,9-12,14-15H2,1H3,(H,26,29). The third-order valence-electron chi connectivity index (χ3n) is 5.23. The highest BCUT2D eigenvalue weighted by atomic mass is 35.5. The highest BCUT2D eigenvalue weighted by molar-refractivity contribution is 7.13. The van der Waals surface area contributed by atoms with Crippen LogP contribution in [0.5, 0.6) is 5.75 Å². The van der Waals surface area contributed by atoms with Crippen molar-refractivity contribution in [2.24, 2.45) is 0 Å². The van der Waals surface area contributed by atoms with E-state index in [0.29, 0.717) is 23.0 Å². The number of benzene rings is 2. The number of hydrogen-bond donors (Lipinski definition) is 1. The molecule has 3 aromatic rings. The summed E-state index contributed by atoms with van der Waals surface area (Å²) in [5.74, 6) is 0.529. The van der Waals surface area contributed by atoms with Gasteiger partial charge in [-0.25, -0.2) is 4.98 Å². The number of amides is 1.